The summed E-state index contributed by atoms with van der Waals surface area (Å²) in [6.45, 7) is 0.259. The number of fused-ring (bicyclic) bond motifs is 3. The van der Waals surface area contributed by atoms with Gasteiger partial charge in [0.15, 0.2) is 0 Å². The summed E-state index contributed by atoms with van der Waals surface area (Å²) < 4.78 is 5.66. The highest BCUT2D eigenvalue weighted by Gasteiger charge is 2.41. The van der Waals surface area contributed by atoms with Crippen molar-refractivity contribution in [3.63, 3.8) is 0 Å². The zero-order valence-electron chi connectivity index (χ0n) is 19.4. The van der Waals surface area contributed by atoms with Crippen LogP contribution in [0.2, 0.25) is 0 Å². The SMILES string of the molecule is O=C(N[C@@H]1CCC[C@H]1CC(=O)N1C[C@H](O)C[C@H]1C(=O)O)OCC1c2ccccc2-c2ccccc21. The number of hydrogen-bond donors (Lipinski definition) is 3. The van der Waals surface area contributed by atoms with Crippen LogP contribution < -0.4 is 5.32 Å². The van der Waals surface area contributed by atoms with Crippen LogP contribution in [-0.4, -0.2) is 64.4 Å². The number of alkyl carbamates (subject to hydrolysis) is 1. The van der Waals surface area contributed by atoms with Gasteiger partial charge in [-0.15, -0.1) is 0 Å². The van der Waals surface area contributed by atoms with Gasteiger partial charge in [0.05, 0.1) is 6.10 Å². The average molecular weight is 479 g/mol. The monoisotopic (exact) mass is 478 g/mol. The van der Waals surface area contributed by atoms with Gasteiger partial charge in [-0.05, 0) is 41.0 Å². The van der Waals surface area contributed by atoms with Crippen molar-refractivity contribution < 1.29 is 29.3 Å². The summed E-state index contributed by atoms with van der Waals surface area (Å²) in [6, 6.07) is 15.1. The Hall–Kier alpha value is -3.39. The minimum Gasteiger partial charge on any atom is -0.480 e. The topological polar surface area (TPSA) is 116 Å². The Balaban J connectivity index is 1.18. The Bertz CT molecular complexity index is 1090. The smallest absolute Gasteiger partial charge is 0.407 e. The third kappa shape index (κ3) is 4.62. The van der Waals surface area contributed by atoms with Crippen LogP contribution in [0.5, 0.6) is 0 Å². The Kier molecular flexibility index (Phi) is 6.47. The third-order valence-electron chi connectivity index (χ3n) is 7.63. The van der Waals surface area contributed by atoms with Gasteiger partial charge in [-0.25, -0.2) is 9.59 Å². The molecule has 8 heteroatoms. The Morgan fingerprint density at radius 1 is 1.00 bits per heavy atom. The van der Waals surface area contributed by atoms with Crippen molar-refractivity contribution in [3.05, 3.63) is 59.7 Å². The van der Waals surface area contributed by atoms with Gasteiger partial charge in [0.1, 0.15) is 12.6 Å². The van der Waals surface area contributed by atoms with Crippen LogP contribution in [0.15, 0.2) is 48.5 Å². The number of carbonyl (C=O) groups excluding carboxylic acids is 2. The average Bonchev–Trinajstić information content (AvgIpc) is 3.54. The number of carboxylic acid groups (broad SMARTS) is 1. The molecule has 0 radical (unpaired) electrons. The maximum absolute atomic E-state index is 12.8. The van der Waals surface area contributed by atoms with Crippen LogP contribution in [0, 0.1) is 5.92 Å². The van der Waals surface area contributed by atoms with E-state index in [1.807, 2.05) is 24.3 Å². The minimum absolute atomic E-state index is 0.0244. The van der Waals surface area contributed by atoms with Crippen LogP contribution in [-0.2, 0) is 14.3 Å². The number of aliphatic carboxylic acids is 1. The van der Waals surface area contributed by atoms with E-state index in [9.17, 15) is 24.6 Å². The molecule has 4 atom stereocenters. The maximum atomic E-state index is 12.8. The van der Waals surface area contributed by atoms with Crippen molar-refractivity contribution in [2.75, 3.05) is 13.2 Å². The highest BCUT2D eigenvalue weighted by Crippen LogP contribution is 2.44. The number of aliphatic hydroxyl groups is 1. The van der Waals surface area contributed by atoms with Crippen LogP contribution in [0.25, 0.3) is 11.1 Å². The predicted molar refractivity (Wildman–Crippen MR) is 128 cm³/mol. The van der Waals surface area contributed by atoms with E-state index >= 15 is 0 Å². The van der Waals surface area contributed by atoms with E-state index in [1.54, 1.807) is 0 Å². The number of hydrogen-bond acceptors (Lipinski definition) is 5. The van der Waals surface area contributed by atoms with Crippen molar-refractivity contribution in [2.45, 2.75) is 56.2 Å². The number of likely N-dealkylation sites (tertiary alicyclic amines) is 1. The molecule has 3 N–H and O–H groups in total. The molecule has 3 aliphatic rings. The van der Waals surface area contributed by atoms with E-state index in [-0.39, 0.29) is 49.8 Å². The zero-order chi connectivity index (χ0) is 24.5. The fourth-order valence-corrected chi connectivity index (χ4v) is 5.93. The van der Waals surface area contributed by atoms with Gasteiger partial charge in [0.25, 0.3) is 0 Å². The lowest BCUT2D eigenvalue weighted by atomic mass is 9.98. The Morgan fingerprint density at radius 2 is 1.66 bits per heavy atom. The number of carbonyl (C=O) groups is 3. The number of nitrogens with one attached hydrogen (secondary N) is 1. The second-order valence-corrected chi connectivity index (χ2v) is 9.76. The zero-order valence-corrected chi connectivity index (χ0v) is 19.4. The Morgan fingerprint density at radius 3 is 2.31 bits per heavy atom. The molecule has 2 aliphatic carbocycles. The van der Waals surface area contributed by atoms with Gasteiger partial charge in [0, 0.05) is 31.3 Å². The molecule has 5 rings (SSSR count). The van der Waals surface area contributed by atoms with Gasteiger partial charge in [0.2, 0.25) is 5.91 Å². The molecule has 0 aromatic heterocycles. The normalized spacial score (nSPS) is 25.2. The van der Waals surface area contributed by atoms with E-state index in [1.165, 1.54) is 4.90 Å². The van der Waals surface area contributed by atoms with Gasteiger partial charge < -0.3 is 25.2 Å². The summed E-state index contributed by atoms with van der Waals surface area (Å²) in [5, 5.41) is 22.2. The fraction of sp³-hybridized carbons (Fsp3) is 0.444. The molecule has 184 valence electrons. The van der Waals surface area contributed by atoms with Gasteiger partial charge in [-0.2, -0.15) is 0 Å². The lowest BCUT2D eigenvalue weighted by Gasteiger charge is -2.26. The largest absolute Gasteiger partial charge is 0.480 e. The number of carboxylic acids is 1. The molecule has 2 aromatic carbocycles. The summed E-state index contributed by atoms with van der Waals surface area (Å²) in [6.07, 6.45) is 1.26. The first-order chi connectivity index (χ1) is 16.9. The van der Waals surface area contributed by atoms with Gasteiger partial charge in [-0.3, -0.25) is 4.79 Å². The molecule has 0 bridgehead atoms. The number of rotatable bonds is 6. The highest BCUT2D eigenvalue weighted by molar-refractivity contribution is 5.84. The highest BCUT2D eigenvalue weighted by atomic mass is 16.5. The molecule has 0 spiro atoms. The van der Waals surface area contributed by atoms with E-state index in [4.69, 9.17) is 4.74 Å². The molecular formula is C27H30N2O6. The Labute approximate surface area is 203 Å². The summed E-state index contributed by atoms with van der Waals surface area (Å²) >= 11 is 0. The third-order valence-corrected chi connectivity index (χ3v) is 7.63. The summed E-state index contributed by atoms with van der Waals surface area (Å²) in [5.74, 6) is -1.51. The van der Waals surface area contributed by atoms with Crippen molar-refractivity contribution in [3.8, 4) is 11.1 Å². The van der Waals surface area contributed by atoms with Crippen molar-refractivity contribution in [1.29, 1.82) is 0 Å². The molecule has 0 unspecified atom stereocenters. The van der Waals surface area contributed by atoms with Crippen LogP contribution >= 0.6 is 0 Å². The van der Waals surface area contributed by atoms with E-state index < -0.39 is 24.2 Å². The standard InChI is InChI=1S/C27H30N2O6/c30-17-13-24(26(32)33)29(14-17)25(31)12-16-6-5-11-23(16)28-27(34)35-15-22-20-9-3-1-7-18(20)19-8-2-4-10-21(19)22/h1-4,7-10,16-17,22-24,30H,5-6,11-15H2,(H,28,34)(H,32,33)/t16-,17+,23+,24-/m0/s1. The fourth-order valence-electron chi connectivity index (χ4n) is 5.93. The quantitative estimate of drug-likeness (QED) is 0.588. The predicted octanol–water partition coefficient (Wildman–Crippen LogP) is 3.13. The second kappa shape index (κ2) is 9.70. The summed E-state index contributed by atoms with van der Waals surface area (Å²) in [7, 11) is 0. The lowest BCUT2D eigenvalue weighted by Crippen LogP contribution is -2.44. The summed E-state index contributed by atoms with van der Waals surface area (Å²) in [4.78, 5) is 38.3. The lowest BCUT2D eigenvalue weighted by molar-refractivity contribution is -0.148. The molecule has 2 aromatic rings. The van der Waals surface area contributed by atoms with Crippen LogP contribution in [0.4, 0.5) is 4.79 Å². The van der Waals surface area contributed by atoms with Gasteiger partial charge >= 0.3 is 12.1 Å². The number of β-amino-alcohol motifs (C(OH)–C–C–N with tert-alkyl or cyclic N) is 1. The number of nitrogens with zero attached hydrogens (tertiary/aromatic N) is 1. The van der Waals surface area contributed by atoms with E-state index in [0.717, 1.165) is 41.5 Å². The number of benzene rings is 2. The number of ether oxygens (including phenoxy) is 1. The molecular weight excluding hydrogens is 448 g/mol. The van der Waals surface area contributed by atoms with Crippen LogP contribution in [0.1, 0.15) is 49.1 Å². The molecule has 35 heavy (non-hydrogen) atoms. The van der Waals surface area contributed by atoms with Crippen molar-refractivity contribution >= 4 is 18.0 Å². The van der Waals surface area contributed by atoms with Crippen LogP contribution in [0.3, 0.4) is 0 Å². The van der Waals surface area contributed by atoms with E-state index in [2.05, 4.69) is 29.6 Å². The molecule has 2 amide bonds. The number of aliphatic hydroxyl groups excluding tert-OH is 1. The molecule has 2 fully saturated rings. The maximum Gasteiger partial charge on any atom is 0.407 e. The van der Waals surface area contributed by atoms with Crippen molar-refractivity contribution in [2.24, 2.45) is 5.92 Å². The van der Waals surface area contributed by atoms with E-state index in [0.29, 0.717) is 0 Å². The first-order valence-electron chi connectivity index (χ1n) is 12.2. The molecule has 1 saturated heterocycles. The minimum atomic E-state index is -1.10. The number of amides is 2. The second-order valence-electron chi connectivity index (χ2n) is 9.76. The molecule has 1 saturated carbocycles. The van der Waals surface area contributed by atoms with Gasteiger partial charge in [-0.1, -0.05) is 55.0 Å². The first-order valence-corrected chi connectivity index (χ1v) is 12.2. The molecule has 1 aliphatic heterocycles. The van der Waals surface area contributed by atoms with Crippen molar-refractivity contribution in [1.82, 2.24) is 10.2 Å². The molecule has 8 nitrogen and oxygen atoms in total. The summed E-state index contributed by atoms with van der Waals surface area (Å²) in [5.41, 5.74) is 4.62. The molecule has 1 heterocycles. The first kappa shape index (κ1) is 23.4.